The predicted molar refractivity (Wildman–Crippen MR) is 135 cm³/mol. The van der Waals surface area contributed by atoms with Crippen LogP contribution in [-0.4, -0.2) is 32.0 Å². The molecule has 2 aromatic rings. The molecule has 1 fully saturated rings. The maximum Gasteiger partial charge on any atom is 0.163 e. The van der Waals surface area contributed by atoms with Crippen LogP contribution in [-0.2, 0) is 4.79 Å². The Morgan fingerprint density at radius 1 is 0.742 bits per heavy atom. The van der Waals surface area contributed by atoms with Crippen LogP contribution in [0, 0.1) is 5.92 Å². The Morgan fingerprint density at radius 3 is 1.58 bits per heavy atom. The van der Waals surface area contributed by atoms with Crippen molar-refractivity contribution < 1.29 is 4.79 Å². The quantitative estimate of drug-likeness (QED) is 0.462. The molecule has 0 aliphatic heterocycles. The van der Waals surface area contributed by atoms with E-state index in [2.05, 4.69) is 105 Å². The monoisotopic (exact) mass is 416 g/mol. The lowest BCUT2D eigenvalue weighted by Crippen LogP contribution is -2.21. The lowest BCUT2D eigenvalue weighted by Gasteiger charge is -2.21. The summed E-state index contributed by atoms with van der Waals surface area (Å²) >= 11 is 0. The average molecular weight is 417 g/mol. The van der Waals surface area contributed by atoms with Gasteiger partial charge in [-0.05, 0) is 80.7 Å². The molecule has 0 heterocycles. The van der Waals surface area contributed by atoms with Crippen LogP contribution in [0.4, 0.5) is 11.4 Å². The van der Waals surface area contributed by atoms with Gasteiger partial charge in [0.15, 0.2) is 5.78 Å². The van der Waals surface area contributed by atoms with Crippen LogP contribution in [0.25, 0.3) is 12.2 Å². The maximum atomic E-state index is 12.8. The van der Waals surface area contributed by atoms with Gasteiger partial charge >= 0.3 is 0 Å². The first-order chi connectivity index (χ1) is 15.0. The second kappa shape index (κ2) is 10.5. The maximum absolute atomic E-state index is 12.8. The number of anilines is 2. The minimum absolute atomic E-state index is 0.242. The van der Waals surface area contributed by atoms with E-state index in [1.807, 2.05) is 0 Å². The molecular formula is C28H36N2O. The van der Waals surface area contributed by atoms with Gasteiger partial charge in [-0.3, -0.25) is 4.79 Å². The zero-order valence-electron chi connectivity index (χ0n) is 19.7. The van der Waals surface area contributed by atoms with Crippen molar-refractivity contribution in [2.75, 3.05) is 36.0 Å². The second-order valence-corrected chi connectivity index (χ2v) is 8.21. The summed E-state index contributed by atoms with van der Waals surface area (Å²) in [5.41, 5.74) is 6.70. The number of carbonyl (C=O) groups excluding carboxylic acids is 1. The standard InChI is InChI=1S/C28H36N2O/c1-6-29(7-2)24-14-10-22(11-15-24)19-26-21(5)18-28(31)27(26)20-23-12-16-25(17-13-23)30(8-3)9-4/h10-17,19-21H,6-9,18H2,1-5H3. The number of nitrogens with zero attached hydrogens (tertiary/aromatic N) is 2. The lowest BCUT2D eigenvalue weighted by molar-refractivity contribution is -0.114. The van der Waals surface area contributed by atoms with Gasteiger partial charge in [-0.2, -0.15) is 0 Å². The van der Waals surface area contributed by atoms with Crippen molar-refractivity contribution in [1.29, 1.82) is 0 Å². The van der Waals surface area contributed by atoms with Crippen molar-refractivity contribution in [3.63, 3.8) is 0 Å². The Balaban J connectivity index is 1.88. The molecule has 1 aliphatic carbocycles. The highest BCUT2D eigenvalue weighted by molar-refractivity contribution is 6.08. The first-order valence-corrected chi connectivity index (χ1v) is 11.7. The van der Waals surface area contributed by atoms with Crippen molar-refractivity contribution in [2.24, 2.45) is 5.92 Å². The molecule has 0 bridgehead atoms. The normalized spacial score (nSPS) is 18.7. The van der Waals surface area contributed by atoms with Crippen LogP contribution in [0.3, 0.4) is 0 Å². The molecule has 2 aromatic carbocycles. The number of rotatable bonds is 8. The second-order valence-electron chi connectivity index (χ2n) is 8.21. The van der Waals surface area contributed by atoms with E-state index in [9.17, 15) is 4.79 Å². The van der Waals surface area contributed by atoms with Crippen molar-refractivity contribution in [3.8, 4) is 0 Å². The van der Waals surface area contributed by atoms with E-state index in [1.54, 1.807) is 0 Å². The van der Waals surface area contributed by atoms with E-state index in [1.165, 1.54) is 11.4 Å². The van der Waals surface area contributed by atoms with Crippen molar-refractivity contribution in [3.05, 3.63) is 70.8 Å². The molecule has 1 unspecified atom stereocenters. The molecule has 3 nitrogen and oxygen atoms in total. The van der Waals surface area contributed by atoms with Crippen molar-refractivity contribution >= 4 is 29.3 Å². The summed E-state index contributed by atoms with van der Waals surface area (Å²) in [6, 6.07) is 17.2. The summed E-state index contributed by atoms with van der Waals surface area (Å²) in [5.74, 6) is 0.488. The highest BCUT2D eigenvalue weighted by Crippen LogP contribution is 2.36. The predicted octanol–water partition coefficient (Wildman–Crippen LogP) is 6.45. The summed E-state index contributed by atoms with van der Waals surface area (Å²) in [6.45, 7) is 14.8. The zero-order valence-corrected chi connectivity index (χ0v) is 19.7. The van der Waals surface area contributed by atoms with Gasteiger partial charge in [0.2, 0.25) is 0 Å². The van der Waals surface area contributed by atoms with Crippen LogP contribution >= 0.6 is 0 Å². The first kappa shape index (κ1) is 22.9. The molecule has 0 N–H and O–H groups in total. The summed E-state index contributed by atoms with van der Waals surface area (Å²) < 4.78 is 0. The van der Waals surface area contributed by atoms with Gasteiger partial charge in [0.1, 0.15) is 0 Å². The Kier molecular flexibility index (Phi) is 7.73. The zero-order chi connectivity index (χ0) is 22.4. The van der Waals surface area contributed by atoms with Gasteiger partial charge in [0.25, 0.3) is 0 Å². The molecule has 0 radical (unpaired) electrons. The molecule has 1 atom stereocenters. The number of hydrogen-bond donors (Lipinski definition) is 0. The van der Waals surface area contributed by atoms with Crippen molar-refractivity contribution in [1.82, 2.24) is 0 Å². The highest BCUT2D eigenvalue weighted by Gasteiger charge is 2.29. The molecule has 31 heavy (non-hydrogen) atoms. The largest absolute Gasteiger partial charge is 0.372 e. The van der Waals surface area contributed by atoms with Crippen LogP contribution < -0.4 is 9.80 Å². The number of hydrogen-bond acceptors (Lipinski definition) is 3. The van der Waals surface area contributed by atoms with Gasteiger partial charge in [-0.25, -0.2) is 0 Å². The minimum atomic E-state index is 0.242. The molecule has 0 amide bonds. The molecule has 164 valence electrons. The SMILES string of the molecule is CCN(CC)c1ccc(C=C2C(=O)CC(C)C2=Cc2ccc(N(CC)CC)cc2)cc1. The third-order valence-corrected chi connectivity index (χ3v) is 6.31. The fourth-order valence-corrected chi connectivity index (χ4v) is 4.39. The number of carbonyl (C=O) groups is 1. The van der Waals surface area contributed by atoms with Crippen LogP contribution in [0.5, 0.6) is 0 Å². The van der Waals surface area contributed by atoms with E-state index < -0.39 is 0 Å². The minimum Gasteiger partial charge on any atom is -0.372 e. The number of ketones is 1. The fraction of sp³-hybridized carbons (Fsp3) is 0.393. The molecule has 0 aromatic heterocycles. The van der Waals surface area contributed by atoms with Crippen LogP contribution in [0.2, 0.25) is 0 Å². The number of Topliss-reactive ketones (excluding diaryl/α,β-unsaturated/α-hetero) is 1. The first-order valence-electron chi connectivity index (χ1n) is 11.7. The van der Waals surface area contributed by atoms with E-state index in [0.29, 0.717) is 6.42 Å². The molecule has 0 spiro atoms. The van der Waals surface area contributed by atoms with Gasteiger partial charge in [-0.15, -0.1) is 0 Å². The summed E-state index contributed by atoms with van der Waals surface area (Å²) in [7, 11) is 0. The molecule has 0 saturated heterocycles. The lowest BCUT2D eigenvalue weighted by atomic mass is 9.97. The van der Waals surface area contributed by atoms with E-state index in [4.69, 9.17) is 0 Å². The highest BCUT2D eigenvalue weighted by atomic mass is 16.1. The van der Waals surface area contributed by atoms with Gasteiger partial charge in [-0.1, -0.05) is 37.3 Å². The number of allylic oxidation sites excluding steroid dienone is 2. The molecule has 3 heteroatoms. The van der Waals surface area contributed by atoms with Gasteiger partial charge < -0.3 is 9.80 Å². The number of benzene rings is 2. The summed E-state index contributed by atoms with van der Waals surface area (Å²) in [4.78, 5) is 17.4. The Hall–Kier alpha value is -2.81. The van der Waals surface area contributed by atoms with E-state index in [0.717, 1.165) is 48.5 Å². The van der Waals surface area contributed by atoms with Crippen LogP contribution in [0.15, 0.2) is 59.7 Å². The van der Waals surface area contributed by atoms with Crippen molar-refractivity contribution in [2.45, 2.75) is 41.0 Å². The third-order valence-electron chi connectivity index (χ3n) is 6.31. The third kappa shape index (κ3) is 5.28. The van der Waals surface area contributed by atoms with Crippen LogP contribution in [0.1, 0.15) is 52.2 Å². The molecular weight excluding hydrogens is 380 g/mol. The molecule has 3 rings (SSSR count). The van der Waals surface area contributed by atoms with Gasteiger partial charge in [0.05, 0.1) is 0 Å². The smallest absolute Gasteiger partial charge is 0.163 e. The summed E-state index contributed by atoms with van der Waals surface area (Å²) in [5, 5.41) is 0. The Labute approximate surface area is 188 Å². The van der Waals surface area contributed by atoms with E-state index >= 15 is 0 Å². The van der Waals surface area contributed by atoms with E-state index in [-0.39, 0.29) is 11.7 Å². The summed E-state index contributed by atoms with van der Waals surface area (Å²) in [6.07, 6.45) is 4.85. The fourth-order valence-electron chi connectivity index (χ4n) is 4.39. The Bertz CT molecular complexity index is 930. The Morgan fingerprint density at radius 2 is 1.16 bits per heavy atom. The average Bonchev–Trinajstić information content (AvgIpc) is 3.04. The topological polar surface area (TPSA) is 23.6 Å². The molecule has 1 aliphatic rings. The van der Waals surface area contributed by atoms with Gasteiger partial charge in [0, 0.05) is 49.5 Å². The molecule has 1 saturated carbocycles.